The van der Waals surface area contributed by atoms with Gasteiger partial charge >= 0.3 is 5.97 Å². The minimum atomic E-state index is -0.782. The maximum Gasteiger partial charge on any atom is 0.314 e. The van der Waals surface area contributed by atoms with E-state index in [2.05, 4.69) is 0 Å². The van der Waals surface area contributed by atoms with Crippen molar-refractivity contribution in [1.82, 2.24) is 0 Å². The van der Waals surface area contributed by atoms with Crippen LogP contribution < -0.4 is 0 Å². The molecule has 1 N–H and O–H groups in total. The average Bonchev–Trinajstić information content (AvgIpc) is 3.36. The van der Waals surface area contributed by atoms with Crippen LogP contribution in [0.1, 0.15) is 17.5 Å². The highest BCUT2D eigenvalue weighted by atomic mass is 16.4. The molecule has 0 saturated heterocycles. The molecule has 4 rings (SSSR count). The lowest BCUT2D eigenvalue weighted by molar-refractivity contribution is -0.140. The van der Waals surface area contributed by atoms with Crippen LogP contribution >= 0.6 is 0 Å². The minimum Gasteiger partial charge on any atom is -0.481 e. The van der Waals surface area contributed by atoms with E-state index in [0.29, 0.717) is 6.42 Å². The van der Waals surface area contributed by atoms with Gasteiger partial charge in [-0.15, -0.1) is 0 Å². The zero-order chi connectivity index (χ0) is 16.6. The monoisotopic (exact) mass is 314 g/mol. The van der Waals surface area contributed by atoms with Gasteiger partial charge in [0, 0.05) is 0 Å². The van der Waals surface area contributed by atoms with Crippen molar-refractivity contribution in [3.05, 3.63) is 90.0 Å². The van der Waals surface area contributed by atoms with Gasteiger partial charge in [0.15, 0.2) is 0 Å². The Morgan fingerprint density at radius 1 is 0.958 bits per heavy atom. The fourth-order valence-electron chi connectivity index (χ4n) is 3.48. The van der Waals surface area contributed by atoms with Gasteiger partial charge in [-0.25, -0.2) is 0 Å². The van der Waals surface area contributed by atoms with E-state index in [1.54, 1.807) is 0 Å². The van der Waals surface area contributed by atoms with Crippen molar-refractivity contribution in [2.45, 2.75) is 11.8 Å². The molecule has 1 aliphatic carbocycles. The van der Waals surface area contributed by atoms with E-state index in [1.165, 1.54) is 0 Å². The third-order valence-electron chi connectivity index (χ3n) is 4.98. The van der Waals surface area contributed by atoms with Gasteiger partial charge in [0.2, 0.25) is 0 Å². The van der Waals surface area contributed by atoms with Crippen LogP contribution in [0.3, 0.4) is 0 Å². The zero-order valence-corrected chi connectivity index (χ0v) is 13.2. The summed E-state index contributed by atoms with van der Waals surface area (Å²) in [5, 5.41) is 12.1. The maximum absolute atomic E-state index is 12.0. The molecule has 2 heteroatoms. The van der Waals surface area contributed by atoms with Gasteiger partial charge in [-0.2, -0.15) is 0 Å². The summed E-state index contributed by atoms with van der Waals surface area (Å²) < 4.78 is 0. The van der Waals surface area contributed by atoms with E-state index in [-0.39, 0.29) is 5.92 Å². The molecule has 0 aliphatic heterocycles. The number of hydrogen-bond donors (Lipinski definition) is 1. The van der Waals surface area contributed by atoms with E-state index in [4.69, 9.17) is 0 Å². The molecule has 1 saturated carbocycles. The molecule has 0 bridgehead atoms. The van der Waals surface area contributed by atoms with Crippen LogP contribution in [0.4, 0.5) is 0 Å². The zero-order valence-electron chi connectivity index (χ0n) is 13.2. The Balaban J connectivity index is 1.67. The summed E-state index contributed by atoms with van der Waals surface area (Å²) in [4.78, 5) is 12.0. The molecule has 0 spiro atoms. The lowest BCUT2D eigenvalue weighted by atomic mass is 9.91. The normalized spacial score (nSPS) is 22.8. The van der Waals surface area contributed by atoms with E-state index in [1.807, 2.05) is 84.9 Å². The molecule has 24 heavy (non-hydrogen) atoms. The lowest BCUT2D eigenvalue weighted by Gasteiger charge is -2.13. The molecular weight excluding hydrogens is 296 g/mol. The Labute approximate surface area is 141 Å². The SMILES string of the molecule is O=C(O)C1(c2ccc3ccccc3c2)CC1C=Cc1ccccc1. The Hall–Kier alpha value is -2.87. The van der Waals surface area contributed by atoms with E-state index < -0.39 is 11.4 Å². The molecule has 2 nitrogen and oxygen atoms in total. The fourth-order valence-corrected chi connectivity index (χ4v) is 3.48. The second-order valence-electron chi connectivity index (χ2n) is 6.42. The highest BCUT2D eigenvalue weighted by Crippen LogP contribution is 2.56. The molecule has 0 heterocycles. The minimum absolute atomic E-state index is 0.0383. The Kier molecular flexibility index (Phi) is 3.46. The van der Waals surface area contributed by atoms with Crippen LogP contribution in [0.15, 0.2) is 78.9 Å². The first-order valence-electron chi connectivity index (χ1n) is 8.16. The van der Waals surface area contributed by atoms with Crippen molar-refractivity contribution in [2.24, 2.45) is 5.92 Å². The summed E-state index contributed by atoms with van der Waals surface area (Å²) in [5.41, 5.74) is 1.22. The molecule has 2 atom stereocenters. The fraction of sp³-hybridized carbons (Fsp3) is 0.136. The molecule has 0 radical (unpaired) electrons. The average molecular weight is 314 g/mol. The van der Waals surface area contributed by atoms with Crippen molar-refractivity contribution >= 4 is 22.8 Å². The quantitative estimate of drug-likeness (QED) is 0.744. The number of carbonyl (C=O) groups is 1. The van der Waals surface area contributed by atoms with Crippen LogP contribution in [-0.4, -0.2) is 11.1 Å². The summed E-state index contributed by atoms with van der Waals surface area (Å²) in [7, 11) is 0. The van der Waals surface area contributed by atoms with Crippen molar-refractivity contribution in [3.8, 4) is 0 Å². The van der Waals surface area contributed by atoms with Gasteiger partial charge < -0.3 is 5.11 Å². The predicted octanol–water partition coefficient (Wildman–Crippen LogP) is 4.90. The van der Waals surface area contributed by atoms with Crippen molar-refractivity contribution < 1.29 is 9.90 Å². The van der Waals surface area contributed by atoms with Crippen molar-refractivity contribution in [1.29, 1.82) is 0 Å². The maximum atomic E-state index is 12.0. The molecular formula is C22H18O2. The molecule has 1 fully saturated rings. The number of aliphatic carboxylic acids is 1. The summed E-state index contributed by atoms with van der Waals surface area (Å²) in [5.74, 6) is -0.697. The molecule has 3 aromatic carbocycles. The first-order chi connectivity index (χ1) is 11.7. The number of fused-ring (bicyclic) bond motifs is 1. The van der Waals surface area contributed by atoms with Crippen LogP contribution in [-0.2, 0) is 10.2 Å². The Morgan fingerprint density at radius 2 is 1.67 bits per heavy atom. The van der Waals surface area contributed by atoms with Crippen LogP contribution in [0, 0.1) is 5.92 Å². The Morgan fingerprint density at radius 3 is 2.42 bits per heavy atom. The van der Waals surface area contributed by atoms with Gasteiger partial charge in [0.25, 0.3) is 0 Å². The molecule has 0 aromatic heterocycles. The van der Waals surface area contributed by atoms with E-state index >= 15 is 0 Å². The summed E-state index contributed by atoms with van der Waals surface area (Å²) in [6, 6.07) is 24.1. The van der Waals surface area contributed by atoms with Gasteiger partial charge in [0.05, 0.1) is 5.41 Å². The summed E-state index contributed by atoms with van der Waals surface area (Å²) >= 11 is 0. The third-order valence-corrected chi connectivity index (χ3v) is 4.98. The highest BCUT2D eigenvalue weighted by Gasteiger charge is 2.60. The van der Waals surface area contributed by atoms with Crippen molar-refractivity contribution in [3.63, 3.8) is 0 Å². The number of allylic oxidation sites excluding steroid dienone is 1. The molecule has 118 valence electrons. The van der Waals surface area contributed by atoms with Gasteiger partial charge in [-0.3, -0.25) is 4.79 Å². The smallest absolute Gasteiger partial charge is 0.314 e. The second kappa shape index (κ2) is 5.64. The number of hydrogen-bond acceptors (Lipinski definition) is 1. The first-order valence-corrected chi connectivity index (χ1v) is 8.16. The van der Waals surface area contributed by atoms with Gasteiger partial charge in [0.1, 0.15) is 0 Å². The Bertz CT molecular complexity index is 927. The standard InChI is InChI=1S/C22H18O2/c23-21(24)22(15-20(22)12-10-16-6-2-1-3-7-16)19-13-11-17-8-4-5-9-18(17)14-19/h1-14,20H,15H2,(H,23,24). The van der Waals surface area contributed by atoms with Crippen molar-refractivity contribution in [2.75, 3.05) is 0 Å². The molecule has 1 aliphatic rings. The first kappa shape index (κ1) is 14.7. The lowest BCUT2D eigenvalue weighted by Crippen LogP contribution is -2.22. The molecule has 3 aromatic rings. The second-order valence-corrected chi connectivity index (χ2v) is 6.42. The summed E-state index contributed by atoms with van der Waals surface area (Å²) in [6.07, 6.45) is 4.72. The highest BCUT2D eigenvalue weighted by molar-refractivity contribution is 5.90. The topological polar surface area (TPSA) is 37.3 Å². The van der Waals surface area contributed by atoms with E-state index in [0.717, 1.165) is 21.9 Å². The van der Waals surface area contributed by atoms with Crippen LogP contribution in [0.25, 0.3) is 16.8 Å². The number of rotatable bonds is 4. The van der Waals surface area contributed by atoms with Gasteiger partial charge in [-0.1, -0.05) is 78.9 Å². The molecule has 0 amide bonds. The largest absolute Gasteiger partial charge is 0.481 e. The van der Waals surface area contributed by atoms with Gasteiger partial charge in [-0.05, 0) is 40.3 Å². The van der Waals surface area contributed by atoms with Crippen LogP contribution in [0.2, 0.25) is 0 Å². The number of benzene rings is 3. The summed E-state index contributed by atoms with van der Waals surface area (Å²) in [6.45, 7) is 0. The number of carboxylic acid groups (broad SMARTS) is 1. The third kappa shape index (κ3) is 2.41. The molecule has 2 unspecified atom stereocenters. The van der Waals surface area contributed by atoms with Crippen LogP contribution in [0.5, 0.6) is 0 Å². The number of carboxylic acids is 1. The predicted molar refractivity (Wildman–Crippen MR) is 96.8 cm³/mol. The van der Waals surface area contributed by atoms with E-state index in [9.17, 15) is 9.90 Å².